The lowest BCUT2D eigenvalue weighted by atomic mass is 10.00. The highest BCUT2D eigenvalue weighted by atomic mass is 35.5. The van der Waals surface area contributed by atoms with Crippen LogP contribution in [-0.4, -0.2) is 16.8 Å². The first kappa shape index (κ1) is 21.9. The Kier molecular flexibility index (Phi) is 5.92. The zero-order valence-corrected chi connectivity index (χ0v) is 19.3. The number of thiophene rings is 1. The molecule has 3 aromatic carbocycles. The Morgan fingerprint density at radius 2 is 1.53 bits per heavy atom. The molecule has 0 saturated carbocycles. The van der Waals surface area contributed by atoms with E-state index in [0.717, 1.165) is 4.88 Å². The smallest absolute Gasteiger partial charge is 0.300 e. The summed E-state index contributed by atoms with van der Waals surface area (Å²) in [6.45, 7) is 0. The average Bonchev–Trinajstić information content (AvgIpc) is 3.47. The minimum absolute atomic E-state index is 0.0411. The molecule has 0 aliphatic carbocycles. The van der Waals surface area contributed by atoms with Crippen LogP contribution in [0.5, 0.6) is 11.5 Å². The number of aliphatic hydroxyl groups excluding tert-OH is 1. The zero-order valence-electron chi connectivity index (χ0n) is 17.7. The maximum absolute atomic E-state index is 13.2. The summed E-state index contributed by atoms with van der Waals surface area (Å²) in [5.74, 6) is -0.390. The highest BCUT2D eigenvalue weighted by molar-refractivity contribution is 7.10. The van der Waals surface area contributed by atoms with Gasteiger partial charge in [0.15, 0.2) is 0 Å². The Labute approximate surface area is 205 Å². The van der Waals surface area contributed by atoms with Crippen LogP contribution in [0.25, 0.3) is 5.76 Å². The number of rotatable bonds is 5. The molecule has 1 aliphatic heterocycles. The molecule has 34 heavy (non-hydrogen) atoms. The summed E-state index contributed by atoms with van der Waals surface area (Å²) in [6.07, 6.45) is 0. The Morgan fingerprint density at radius 3 is 2.18 bits per heavy atom. The van der Waals surface area contributed by atoms with E-state index in [9.17, 15) is 14.7 Å². The summed E-state index contributed by atoms with van der Waals surface area (Å²) in [4.78, 5) is 28.5. The van der Waals surface area contributed by atoms with E-state index in [1.54, 1.807) is 48.5 Å². The number of para-hydroxylation sites is 1. The lowest BCUT2D eigenvalue weighted by Gasteiger charge is -2.24. The highest BCUT2D eigenvalue weighted by Gasteiger charge is 2.47. The van der Waals surface area contributed by atoms with Crippen LogP contribution in [0.2, 0.25) is 5.02 Å². The second kappa shape index (κ2) is 9.17. The number of halogens is 1. The van der Waals surface area contributed by atoms with Gasteiger partial charge in [0.25, 0.3) is 11.7 Å². The van der Waals surface area contributed by atoms with E-state index in [0.29, 0.717) is 27.8 Å². The fourth-order valence-corrected chi connectivity index (χ4v) is 4.83. The molecule has 0 spiro atoms. The molecule has 1 saturated heterocycles. The van der Waals surface area contributed by atoms with Gasteiger partial charge in [0.2, 0.25) is 0 Å². The SMILES string of the molecule is O=C1C(=O)N(c2ccc(Oc3ccccc3)cc2)C(c2cccs2)/C1=C(/O)c1ccc(Cl)cc1. The Bertz CT molecular complexity index is 1360. The number of nitrogens with zero attached hydrogens (tertiary/aromatic N) is 1. The average molecular weight is 488 g/mol. The first-order valence-corrected chi connectivity index (χ1v) is 11.7. The van der Waals surface area contributed by atoms with Crippen LogP contribution in [0, 0.1) is 0 Å². The van der Waals surface area contributed by atoms with Crippen molar-refractivity contribution in [3.63, 3.8) is 0 Å². The van der Waals surface area contributed by atoms with Crippen LogP contribution < -0.4 is 9.64 Å². The Morgan fingerprint density at radius 1 is 0.853 bits per heavy atom. The van der Waals surface area contributed by atoms with E-state index in [-0.39, 0.29) is 11.3 Å². The molecule has 5 rings (SSSR count). The van der Waals surface area contributed by atoms with Crippen molar-refractivity contribution >= 4 is 46.1 Å². The fraction of sp³-hybridized carbons (Fsp3) is 0.0370. The van der Waals surface area contributed by atoms with E-state index in [1.165, 1.54) is 16.2 Å². The van der Waals surface area contributed by atoms with Crippen molar-refractivity contribution in [1.82, 2.24) is 0 Å². The predicted molar refractivity (Wildman–Crippen MR) is 134 cm³/mol. The minimum Gasteiger partial charge on any atom is -0.507 e. The van der Waals surface area contributed by atoms with Crippen LogP contribution in [0.1, 0.15) is 16.5 Å². The molecule has 1 fully saturated rings. The lowest BCUT2D eigenvalue weighted by Crippen LogP contribution is -2.29. The summed E-state index contributed by atoms with van der Waals surface area (Å²) < 4.78 is 5.84. The van der Waals surface area contributed by atoms with Gasteiger partial charge in [-0.15, -0.1) is 11.3 Å². The van der Waals surface area contributed by atoms with Crippen molar-refractivity contribution in [2.75, 3.05) is 4.90 Å². The number of carbonyl (C=O) groups is 2. The predicted octanol–water partition coefficient (Wildman–Crippen LogP) is 6.82. The molecule has 0 radical (unpaired) electrons. The first-order chi connectivity index (χ1) is 16.5. The molecule has 168 valence electrons. The van der Waals surface area contributed by atoms with E-state index >= 15 is 0 Å². The van der Waals surface area contributed by atoms with Gasteiger partial charge in [-0.05, 0) is 72.1 Å². The van der Waals surface area contributed by atoms with Crippen molar-refractivity contribution in [2.24, 2.45) is 0 Å². The summed E-state index contributed by atoms with van der Waals surface area (Å²) in [6, 6.07) is 25.7. The van der Waals surface area contributed by atoms with Crippen LogP contribution >= 0.6 is 22.9 Å². The number of amides is 1. The van der Waals surface area contributed by atoms with Gasteiger partial charge in [-0.3, -0.25) is 14.5 Å². The molecule has 1 amide bonds. The number of aliphatic hydroxyl groups is 1. The van der Waals surface area contributed by atoms with Crippen LogP contribution in [0.3, 0.4) is 0 Å². The van der Waals surface area contributed by atoms with E-state index in [1.807, 2.05) is 47.8 Å². The van der Waals surface area contributed by atoms with Crippen molar-refractivity contribution in [2.45, 2.75) is 6.04 Å². The second-order valence-corrected chi connectivity index (χ2v) is 9.02. The maximum Gasteiger partial charge on any atom is 0.300 e. The molecule has 0 bridgehead atoms. The molecular formula is C27H18ClNO4S. The third-order valence-electron chi connectivity index (χ3n) is 5.47. The topological polar surface area (TPSA) is 66.8 Å². The number of benzene rings is 3. The third-order valence-corrected chi connectivity index (χ3v) is 6.65. The van der Waals surface area contributed by atoms with Gasteiger partial charge in [0.05, 0.1) is 5.57 Å². The van der Waals surface area contributed by atoms with E-state index < -0.39 is 17.7 Å². The molecule has 1 unspecified atom stereocenters. The largest absolute Gasteiger partial charge is 0.507 e. The minimum atomic E-state index is -0.753. The van der Waals surface area contributed by atoms with E-state index in [2.05, 4.69) is 0 Å². The van der Waals surface area contributed by atoms with Gasteiger partial charge >= 0.3 is 0 Å². The van der Waals surface area contributed by atoms with Crippen LogP contribution in [0.4, 0.5) is 5.69 Å². The van der Waals surface area contributed by atoms with Gasteiger partial charge in [-0.1, -0.05) is 35.9 Å². The van der Waals surface area contributed by atoms with Gasteiger partial charge in [0, 0.05) is 21.2 Å². The maximum atomic E-state index is 13.2. The molecule has 1 atom stereocenters. The summed E-state index contributed by atoms with van der Waals surface area (Å²) in [5.41, 5.74) is 0.978. The van der Waals surface area contributed by atoms with Crippen LogP contribution in [-0.2, 0) is 9.59 Å². The van der Waals surface area contributed by atoms with Crippen LogP contribution in [0.15, 0.2) is 102 Å². The Hall–Kier alpha value is -3.87. The van der Waals surface area contributed by atoms with Crippen molar-refractivity contribution in [3.05, 3.63) is 117 Å². The quantitative estimate of drug-likeness (QED) is 0.190. The number of Topliss-reactive ketones (excluding diaryl/α,β-unsaturated/α-hetero) is 1. The monoisotopic (exact) mass is 487 g/mol. The lowest BCUT2D eigenvalue weighted by molar-refractivity contribution is -0.132. The van der Waals surface area contributed by atoms with Gasteiger partial charge in [-0.25, -0.2) is 0 Å². The molecule has 4 aromatic rings. The van der Waals surface area contributed by atoms with Crippen molar-refractivity contribution < 1.29 is 19.4 Å². The third kappa shape index (κ3) is 4.09. The normalized spacial score (nSPS) is 17.2. The number of ether oxygens (including phenoxy) is 1. The second-order valence-electron chi connectivity index (χ2n) is 7.60. The fourth-order valence-electron chi connectivity index (χ4n) is 3.88. The first-order valence-electron chi connectivity index (χ1n) is 10.5. The molecule has 7 heteroatoms. The van der Waals surface area contributed by atoms with Gasteiger partial charge < -0.3 is 9.84 Å². The van der Waals surface area contributed by atoms with Crippen molar-refractivity contribution in [3.8, 4) is 11.5 Å². The van der Waals surface area contributed by atoms with E-state index in [4.69, 9.17) is 16.3 Å². The molecule has 1 N–H and O–H groups in total. The Balaban J connectivity index is 1.55. The van der Waals surface area contributed by atoms with Gasteiger partial charge in [0.1, 0.15) is 23.3 Å². The molecule has 2 heterocycles. The number of ketones is 1. The molecule has 1 aromatic heterocycles. The number of anilines is 1. The number of hydrogen-bond acceptors (Lipinski definition) is 5. The molecular weight excluding hydrogens is 470 g/mol. The highest BCUT2D eigenvalue weighted by Crippen LogP contribution is 2.44. The van der Waals surface area contributed by atoms with Crippen molar-refractivity contribution in [1.29, 1.82) is 0 Å². The standard InChI is InChI=1S/C27H18ClNO4S/c28-18-10-8-17(9-11-18)25(30)23-24(22-7-4-16-34-22)29(27(32)26(23)31)19-12-14-21(15-13-19)33-20-5-2-1-3-6-20/h1-16,24,30H/b25-23-. The molecule has 5 nitrogen and oxygen atoms in total. The number of carbonyl (C=O) groups excluding carboxylic acids is 2. The number of hydrogen-bond donors (Lipinski definition) is 1. The summed E-state index contributed by atoms with van der Waals surface area (Å²) in [5, 5.41) is 13.4. The molecule has 1 aliphatic rings. The summed E-state index contributed by atoms with van der Waals surface area (Å²) in [7, 11) is 0. The summed E-state index contributed by atoms with van der Waals surface area (Å²) >= 11 is 7.38. The zero-order chi connectivity index (χ0) is 23.7. The van der Waals surface area contributed by atoms with Gasteiger partial charge in [-0.2, -0.15) is 0 Å².